The summed E-state index contributed by atoms with van der Waals surface area (Å²) in [6.45, 7) is 4.52. The molecule has 1 heterocycles. The number of nitrogens with one attached hydrogen (secondary N) is 1. The normalized spacial score (nSPS) is 18.4. The monoisotopic (exact) mass is 285 g/mol. The van der Waals surface area contributed by atoms with Crippen molar-refractivity contribution in [3.05, 3.63) is 24.0 Å². The van der Waals surface area contributed by atoms with E-state index in [2.05, 4.69) is 10.2 Å². The SMILES string of the molecule is Nc1ccc(F)cc1SCC(O)CN1CCNCC1. The summed E-state index contributed by atoms with van der Waals surface area (Å²) in [4.78, 5) is 2.93. The zero-order chi connectivity index (χ0) is 13.7. The average Bonchev–Trinajstić information content (AvgIpc) is 2.41. The highest BCUT2D eigenvalue weighted by atomic mass is 32.2. The van der Waals surface area contributed by atoms with E-state index in [-0.39, 0.29) is 5.82 Å². The molecule has 0 radical (unpaired) electrons. The lowest BCUT2D eigenvalue weighted by molar-refractivity contribution is 0.121. The predicted octanol–water partition coefficient (Wildman–Crippen LogP) is 0.766. The van der Waals surface area contributed by atoms with E-state index in [0.717, 1.165) is 26.2 Å². The van der Waals surface area contributed by atoms with Crippen LogP contribution in [0.4, 0.5) is 10.1 Å². The fraction of sp³-hybridized carbons (Fsp3) is 0.538. The highest BCUT2D eigenvalue weighted by Crippen LogP contribution is 2.26. The Balaban J connectivity index is 1.79. The van der Waals surface area contributed by atoms with Crippen LogP contribution in [0.5, 0.6) is 0 Å². The van der Waals surface area contributed by atoms with Crippen LogP contribution in [0.25, 0.3) is 0 Å². The predicted molar refractivity (Wildman–Crippen MR) is 76.9 cm³/mol. The van der Waals surface area contributed by atoms with Crippen molar-refractivity contribution in [3.8, 4) is 0 Å². The number of piperazine rings is 1. The molecule has 4 nitrogen and oxygen atoms in total. The fourth-order valence-corrected chi connectivity index (χ4v) is 2.97. The van der Waals surface area contributed by atoms with E-state index in [1.807, 2.05) is 0 Å². The number of hydrogen-bond donors (Lipinski definition) is 3. The molecule has 1 aromatic rings. The van der Waals surface area contributed by atoms with Crippen LogP contribution >= 0.6 is 11.8 Å². The van der Waals surface area contributed by atoms with Gasteiger partial charge < -0.3 is 16.2 Å². The fourth-order valence-electron chi connectivity index (χ4n) is 2.06. The smallest absolute Gasteiger partial charge is 0.124 e. The van der Waals surface area contributed by atoms with Gasteiger partial charge in [-0.2, -0.15) is 0 Å². The van der Waals surface area contributed by atoms with Gasteiger partial charge in [0.1, 0.15) is 5.82 Å². The van der Waals surface area contributed by atoms with Gasteiger partial charge in [0.2, 0.25) is 0 Å². The number of aliphatic hydroxyl groups excluding tert-OH is 1. The summed E-state index contributed by atoms with van der Waals surface area (Å²) in [7, 11) is 0. The van der Waals surface area contributed by atoms with Gasteiger partial charge in [0.15, 0.2) is 0 Å². The van der Waals surface area contributed by atoms with E-state index in [4.69, 9.17) is 5.73 Å². The first-order valence-electron chi connectivity index (χ1n) is 6.44. The summed E-state index contributed by atoms with van der Waals surface area (Å²) in [5.41, 5.74) is 6.33. The van der Waals surface area contributed by atoms with Crippen LogP contribution in [0, 0.1) is 5.82 Å². The molecule has 1 aliphatic rings. The number of hydrogen-bond acceptors (Lipinski definition) is 5. The van der Waals surface area contributed by atoms with Crippen LogP contribution in [-0.2, 0) is 0 Å². The number of aliphatic hydroxyl groups is 1. The van der Waals surface area contributed by atoms with Crippen LogP contribution in [-0.4, -0.2) is 54.6 Å². The highest BCUT2D eigenvalue weighted by molar-refractivity contribution is 7.99. The Bertz CT molecular complexity index is 413. The molecule has 1 unspecified atom stereocenters. The zero-order valence-corrected chi connectivity index (χ0v) is 11.6. The number of anilines is 1. The first kappa shape index (κ1) is 14.6. The molecule has 106 valence electrons. The number of nitrogens with two attached hydrogens (primary N) is 1. The highest BCUT2D eigenvalue weighted by Gasteiger charge is 2.15. The summed E-state index contributed by atoms with van der Waals surface area (Å²) in [6.07, 6.45) is -0.425. The van der Waals surface area contributed by atoms with Crippen molar-refractivity contribution in [3.63, 3.8) is 0 Å². The van der Waals surface area contributed by atoms with E-state index in [1.54, 1.807) is 6.07 Å². The zero-order valence-electron chi connectivity index (χ0n) is 10.8. The molecule has 19 heavy (non-hydrogen) atoms. The molecule has 1 atom stereocenters. The molecule has 0 bridgehead atoms. The van der Waals surface area contributed by atoms with E-state index >= 15 is 0 Å². The van der Waals surface area contributed by atoms with Crippen molar-refractivity contribution >= 4 is 17.4 Å². The minimum absolute atomic E-state index is 0.298. The summed E-state index contributed by atoms with van der Waals surface area (Å²) in [6, 6.07) is 4.31. The lowest BCUT2D eigenvalue weighted by Crippen LogP contribution is -2.46. The minimum Gasteiger partial charge on any atom is -0.398 e. The van der Waals surface area contributed by atoms with Crippen LogP contribution in [0.2, 0.25) is 0 Å². The van der Waals surface area contributed by atoms with Crippen molar-refractivity contribution < 1.29 is 9.50 Å². The Morgan fingerprint density at radius 3 is 2.89 bits per heavy atom. The van der Waals surface area contributed by atoms with E-state index in [0.29, 0.717) is 22.9 Å². The number of nitrogen functional groups attached to an aromatic ring is 1. The third-order valence-corrected chi connectivity index (χ3v) is 4.30. The first-order chi connectivity index (χ1) is 9.15. The molecule has 6 heteroatoms. The van der Waals surface area contributed by atoms with Gasteiger partial charge >= 0.3 is 0 Å². The molecule has 0 saturated carbocycles. The van der Waals surface area contributed by atoms with Crippen molar-refractivity contribution in [1.29, 1.82) is 0 Å². The van der Waals surface area contributed by atoms with E-state index in [1.165, 1.54) is 23.9 Å². The molecule has 0 aliphatic carbocycles. The minimum atomic E-state index is -0.425. The molecule has 1 saturated heterocycles. The topological polar surface area (TPSA) is 61.5 Å². The first-order valence-corrected chi connectivity index (χ1v) is 7.42. The van der Waals surface area contributed by atoms with Crippen LogP contribution in [0.3, 0.4) is 0 Å². The van der Waals surface area contributed by atoms with Crippen LogP contribution in [0.1, 0.15) is 0 Å². The van der Waals surface area contributed by atoms with Gasteiger partial charge in [-0.1, -0.05) is 0 Å². The second-order valence-corrected chi connectivity index (χ2v) is 5.76. The van der Waals surface area contributed by atoms with Crippen LogP contribution < -0.4 is 11.1 Å². The number of nitrogens with zero attached hydrogens (tertiary/aromatic N) is 1. The molecule has 2 rings (SSSR count). The van der Waals surface area contributed by atoms with Gasteiger partial charge in [0.05, 0.1) is 6.10 Å². The number of rotatable bonds is 5. The van der Waals surface area contributed by atoms with Gasteiger partial charge in [-0.15, -0.1) is 11.8 Å². The van der Waals surface area contributed by atoms with Crippen molar-refractivity contribution in [2.45, 2.75) is 11.0 Å². The van der Waals surface area contributed by atoms with Gasteiger partial charge in [0, 0.05) is 49.1 Å². The largest absolute Gasteiger partial charge is 0.398 e. The number of thioether (sulfide) groups is 1. The molecule has 1 aliphatic heterocycles. The Morgan fingerprint density at radius 2 is 2.16 bits per heavy atom. The van der Waals surface area contributed by atoms with Gasteiger partial charge in [-0.25, -0.2) is 4.39 Å². The van der Waals surface area contributed by atoms with Gasteiger partial charge in [-0.05, 0) is 18.2 Å². The maximum absolute atomic E-state index is 13.1. The maximum atomic E-state index is 13.1. The third kappa shape index (κ3) is 4.65. The van der Waals surface area contributed by atoms with Crippen molar-refractivity contribution in [2.24, 2.45) is 0 Å². The van der Waals surface area contributed by atoms with Crippen molar-refractivity contribution in [2.75, 3.05) is 44.2 Å². The molecule has 1 aromatic carbocycles. The molecular weight excluding hydrogens is 265 g/mol. The third-order valence-electron chi connectivity index (χ3n) is 3.09. The molecule has 0 aromatic heterocycles. The number of β-amino-alcohol motifs (C(OH)–C–C–N with tert-alkyl or cyclic N) is 1. The number of halogens is 1. The summed E-state index contributed by atoms with van der Waals surface area (Å²) in [5, 5.41) is 13.3. The van der Waals surface area contributed by atoms with Gasteiger partial charge in [-0.3, -0.25) is 4.90 Å². The summed E-state index contributed by atoms with van der Waals surface area (Å²) in [5.74, 6) is 0.228. The van der Waals surface area contributed by atoms with Crippen LogP contribution in [0.15, 0.2) is 23.1 Å². The second-order valence-electron chi connectivity index (χ2n) is 4.70. The Morgan fingerprint density at radius 1 is 1.42 bits per heavy atom. The summed E-state index contributed by atoms with van der Waals surface area (Å²) >= 11 is 1.40. The molecule has 0 spiro atoms. The van der Waals surface area contributed by atoms with Gasteiger partial charge in [0.25, 0.3) is 0 Å². The average molecular weight is 285 g/mol. The molecule has 0 amide bonds. The van der Waals surface area contributed by atoms with E-state index < -0.39 is 6.10 Å². The standard InChI is InChI=1S/C13H20FN3OS/c14-10-1-2-12(15)13(7-10)19-9-11(18)8-17-5-3-16-4-6-17/h1-2,7,11,16,18H,3-6,8-9,15H2. The quantitative estimate of drug-likeness (QED) is 0.551. The lowest BCUT2D eigenvalue weighted by atomic mass is 10.3. The molecule has 1 fully saturated rings. The Hall–Kier alpha value is -0.820. The number of benzene rings is 1. The van der Waals surface area contributed by atoms with E-state index in [9.17, 15) is 9.50 Å². The molecular formula is C13H20FN3OS. The summed E-state index contributed by atoms with van der Waals surface area (Å²) < 4.78 is 13.1. The Labute approximate surface area is 117 Å². The maximum Gasteiger partial charge on any atom is 0.124 e. The molecule has 4 N–H and O–H groups in total. The second kappa shape index (κ2) is 7.09. The Kier molecular flexibility index (Phi) is 5.45. The lowest BCUT2D eigenvalue weighted by Gasteiger charge is -2.29. The van der Waals surface area contributed by atoms with Crippen molar-refractivity contribution in [1.82, 2.24) is 10.2 Å².